The first-order valence-electron chi connectivity index (χ1n) is 4.69. The van der Waals surface area contributed by atoms with Crippen molar-refractivity contribution in [1.82, 2.24) is 24.1 Å². The van der Waals surface area contributed by atoms with Crippen LogP contribution >= 0.6 is 0 Å². The van der Waals surface area contributed by atoms with Gasteiger partial charge in [-0.3, -0.25) is 14.0 Å². The van der Waals surface area contributed by atoms with Gasteiger partial charge in [0.05, 0.1) is 6.54 Å². The normalized spacial score (nSPS) is 10.6. The summed E-state index contributed by atoms with van der Waals surface area (Å²) in [5.74, 6) is 0. The molecule has 0 atom stereocenters. The minimum absolute atomic E-state index is 0.139. The van der Waals surface area contributed by atoms with E-state index >= 15 is 0 Å². The molecule has 0 amide bonds. The molecule has 0 bridgehead atoms. The van der Waals surface area contributed by atoms with E-state index in [1.54, 1.807) is 20.3 Å². The second-order valence-corrected chi connectivity index (χ2v) is 3.52. The predicted molar refractivity (Wildman–Crippen MR) is 56.0 cm³/mol. The van der Waals surface area contributed by atoms with E-state index in [4.69, 9.17) is 0 Å². The number of aromatic nitrogens is 5. The molecule has 84 valence electrons. The summed E-state index contributed by atoms with van der Waals surface area (Å²) in [6.45, 7) is 0.139. The van der Waals surface area contributed by atoms with Gasteiger partial charge in [-0.2, -0.15) is 0 Å². The maximum Gasteiger partial charge on any atom is 0.331 e. The van der Waals surface area contributed by atoms with E-state index < -0.39 is 0 Å². The molecule has 2 rings (SSSR count). The molecule has 0 aliphatic heterocycles. The summed E-state index contributed by atoms with van der Waals surface area (Å²) in [4.78, 5) is 23.2. The summed E-state index contributed by atoms with van der Waals surface area (Å²) in [6.07, 6.45) is 3.11. The van der Waals surface area contributed by atoms with Gasteiger partial charge in [-0.25, -0.2) is 4.79 Å². The molecule has 0 fully saturated rings. The average Bonchev–Trinajstić information content (AvgIpc) is 2.65. The summed E-state index contributed by atoms with van der Waals surface area (Å²) in [5.41, 5.74) is -0.125. The third-order valence-corrected chi connectivity index (χ3v) is 2.21. The Morgan fingerprint density at radius 1 is 1.31 bits per heavy atom. The van der Waals surface area contributed by atoms with E-state index in [9.17, 15) is 9.59 Å². The highest BCUT2D eigenvalue weighted by atomic mass is 16.2. The summed E-state index contributed by atoms with van der Waals surface area (Å²) < 4.78 is 3.98. The van der Waals surface area contributed by atoms with E-state index in [1.165, 1.54) is 21.5 Å². The first-order chi connectivity index (χ1) is 7.58. The van der Waals surface area contributed by atoms with Gasteiger partial charge >= 0.3 is 5.69 Å². The fraction of sp³-hybridized carbons (Fsp3) is 0.333. The Bertz CT molecular complexity index is 621. The van der Waals surface area contributed by atoms with Gasteiger partial charge in [0.2, 0.25) is 0 Å². The highest BCUT2D eigenvalue weighted by Crippen LogP contribution is 1.91. The van der Waals surface area contributed by atoms with Crippen LogP contribution in [0.2, 0.25) is 0 Å². The zero-order valence-electron chi connectivity index (χ0n) is 8.99. The lowest BCUT2D eigenvalue weighted by Gasteiger charge is -2.03. The molecule has 0 aliphatic carbocycles. The van der Waals surface area contributed by atoms with Crippen LogP contribution in [0.3, 0.4) is 0 Å². The molecule has 0 saturated heterocycles. The largest absolute Gasteiger partial charge is 0.331 e. The van der Waals surface area contributed by atoms with E-state index in [0.29, 0.717) is 5.69 Å². The van der Waals surface area contributed by atoms with Crippen LogP contribution in [0.15, 0.2) is 28.0 Å². The van der Waals surface area contributed by atoms with Gasteiger partial charge in [-0.15, -0.1) is 5.10 Å². The Morgan fingerprint density at radius 2 is 2.06 bits per heavy atom. The first-order valence-corrected chi connectivity index (χ1v) is 4.69. The maximum atomic E-state index is 11.7. The second kappa shape index (κ2) is 3.76. The van der Waals surface area contributed by atoms with Crippen LogP contribution in [0.5, 0.6) is 0 Å². The quantitative estimate of drug-likeness (QED) is 0.633. The van der Waals surface area contributed by atoms with Gasteiger partial charge in [0.1, 0.15) is 5.69 Å². The number of rotatable bonds is 2. The van der Waals surface area contributed by atoms with Crippen molar-refractivity contribution in [2.75, 3.05) is 0 Å². The molecule has 7 nitrogen and oxygen atoms in total. The molecule has 0 N–H and O–H groups in total. The molecule has 2 aromatic rings. The fourth-order valence-corrected chi connectivity index (χ4v) is 1.39. The SMILES string of the molecule is Cn1cc(Cn2c(=O)ccn(C)c2=O)nn1. The molecule has 0 radical (unpaired) electrons. The van der Waals surface area contributed by atoms with Gasteiger partial charge in [-0.05, 0) is 0 Å². The summed E-state index contributed by atoms with van der Waals surface area (Å²) in [5, 5.41) is 7.57. The average molecular weight is 221 g/mol. The lowest BCUT2D eigenvalue weighted by molar-refractivity contribution is 0.629. The Kier molecular flexibility index (Phi) is 2.43. The van der Waals surface area contributed by atoms with Crippen molar-refractivity contribution in [2.45, 2.75) is 6.54 Å². The molecule has 0 aromatic carbocycles. The monoisotopic (exact) mass is 221 g/mol. The van der Waals surface area contributed by atoms with E-state index in [1.807, 2.05) is 0 Å². The van der Waals surface area contributed by atoms with E-state index in [-0.39, 0.29) is 17.8 Å². The Hall–Kier alpha value is -2.18. The third-order valence-electron chi connectivity index (χ3n) is 2.21. The predicted octanol–water partition coefficient (Wildman–Crippen LogP) is -1.28. The van der Waals surface area contributed by atoms with Gasteiger partial charge in [0.25, 0.3) is 5.56 Å². The molecule has 0 aliphatic rings. The van der Waals surface area contributed by atoms with Crippen molar-refractivity contribution < 1.29 is 0 Å². The van der Waals surface area contributed by atoms with E-state index in [0.717, 1.165) is 4.57 Å². The van der Waals surface area contributed by atoms with Crippen LogP contribution < -0.4 is 11.2 Å². The third kappa shape index (κ3) is 1.79. The lowest BCUT2D eigenvalue weighted by atomic mass is 10.4. The zero-order valence-corrected chi connectivity index (χ0v) is 8.99. The summed E-state index contributed by atoms with van der Waals surface area (Å²) in [7, 11) is 3.32. The van der Waals surface area contributed by atoms with Crippen molar-refractivity contribution in [2.24, 2.45) is 14.1 Å². The summed E-state index contributed by atoms with van der Waals surface area (Å²) >= 11 is 0. The number of aryl methyl sites for hydroxylation is 2. The highest BCUT2D eigenvalue weighted by molar-refractivity contribution is 4.95. The molecule has 0 saturated carbocycles. The Morgan fingerprint density at radius 3 is 2.69 bits per heavy atom. The van der Waals surface area contributed by atoms with Gasteiger partial charge in [-0.1, -0.05) is 5.21 Å². The van der Waals surface area contributed by atoms with Crippen molar-refractivity contribution >= 4 is 0 Å². The number of hydrogen-bond donors (Lipinski definition) is 0. The van der Waals surface area contributed by atoms with Crippen LogP contribution in [0.25, 0.3) is 0 Å². The minimum Gasteiger partial charge on any atom is -0.303 e. The molecule has 2 heterocycles. The molecule has 2 aromatic heterocycles. The van der Waals surface area contributed by atoms with Crippen molar-refractivity contribution in [3.63, 3.8) is 0 Å². The van der Waals surface area contributed by atoms with Gasteiger partial charge in [0.15, 0.2) is 0 Å². The van der Waals surface area contributed by atoms with E-state index in [2.05, 4.69) is 10.3 Å². The second-order valence-electron chi connectivity index (χ2n) is 3.52. The molecule has 0 spiro atoms. The van der Waals surface area contributed by atoms with Gasteiger partial charge < -0.3 is 4.57 Å². The molecular formula is C9H11N5O2. The number of hydrogen-bond acceptors (Lipinski definition) is 4. The molecule has 7 heteroatoms. The van der Waals surface area contributed by atoms with Gasteiger partial charge in [0, 0.05) is 32.6 Å². The Balaban J connectivity index is 2.46. The lowest BCUT2D eigenvalue weighted by Crippen LogP contribution is -2.38. The van der Waals surface area contributed by atoms with Crippen LogP contribution in [0, 0.1) is 0 Å². The van der Waals surface area contributed by atoms with Crippen LogP contribution in [0.4, 0.5) is 0 Å². The van der Waals surface area contributed by atoms with Crippen molar-refractivity contribution in [1.29, 1.82) is 0 Å². The molecular weight excluding hydrogens is 210 g/mol. The Labute approximate surface area is 90.6 Å². The van der Waals surface area contributed by atoms with Crippen molar-refractivity contribution in [3.8, 4) is 0 Å². The fourth-order valence-electron chi connectivity index (χ4n) is 1.39. The molecule has 16 heavy (non-hydrogen) atoms. The smallest absolute Gasteiger partial charge is 0.303 e. The van der Waals surface area contributed by atoms with Crippen LogP contribution in [0.1, 0.15) is 5.69 Å². The van der Waals surface area contributed by atoms with Crippen LogP contribution in [-0.4, -0.2) is 24.1 Å². The first kappa shape index (κ1) is 10.3. The van der Waals surface area contributed by atoms with Crippen LogP contribution in [-0.2, 0) is 20.6 Å². The topological polar surface area (TPSA) is 74.7 Å². The maximum absolute atomic E-state index is 11.7. The zero-order chi connectivity index (χ0) is 11.7. The highest BCUT2D eigenvalue weighted by Gasteiger charge is 2.06. The summed E-state index contributed by atoms with van der Waals surface area (Å²) in [6, 6.07) is 1.35. The molecule has 0 unspecified atom stereocenters. The standard InChI is InChI=1S/C9H11N5O2/c1-12-4-3-8(15)14(9(12)16)6-7-5-13(2)11-10-7/h3-5H,6H2,1-2H3. The number of nitrogens with zero attached hydrogens (tertiary/aromatic N) is 5. The minimum atomic E-state index is -0.363. The van der Waals surface area contributed by atoms with Crippen molar-refractivity contribution in [3.05, 3.63) is 45.0 Å².